The van der Waals surface area contributed by atoms with Gasteiger partial charge in [-0.15, -0.1) is 0 Å². The Labute approximate surface area is 70.1 Å². The molecule has 4 nitrogen and oxygen atoms in total. The van der Waals surface area contributed by atoms with Gasteiger partial charge in [0.2, 0.25) is 6.26 Å². The molecule has 1 radical (unpaired) electrons. The fourth-order valence-corrected chi connectivity index (χ4v) is 1.37. The molecule has 0 aliphatic carbocycles. The molecule has 1 fully saturated rings. The third-order valence-electron chi connectivity index (χ3n) is 2.00. The maximum atomic E-state index is 11.5. The minimum absolute atomic E-state index is 0.0440. The van der Waals surface area contributed by atoms with E-state index in [0.717, 1.165) is 25.9 Å². The second-order valence-corrected chi connectivity index (χ2v) is 2.83. The van der Waals surface area contributed by atoms with Gasteiger partial charge in [-0.1, -0.05) is 5.16 Å². The molecule has 2 heterocycles. The first-order chi connectivity index (χ1) is 5.88. The molecule has 0 unspecified atom stereocenters. The SMILES string of the molecule is O=C(c1c[c]on1)N1CCCC1. The van der Waals surface area contributed by atoms with Gasteiger partial charge in [0.15, 0.2) is 5.69 Å². The minimum atomic E-state index is -0.0440. The summed E-state index contributed by atoms with van der Waals surface area (Å²) in [6.07, 6.45) is 4.58. The van der Waals surface area contributed by atoms with Gasteiger partial charge in [-0.25, -0.2) is 0 Å². The fraction of sp³-hybridized carbons (Fsp3) is 0.500. The van der Waals surface area contributed by atoms with E-state index in [0.29, 0.717) is 5.69 Å². The topological polar surface area (TPSA) is 46.3 Å². The first kappa shape index (κ1) is 7.34. The van der Waals surface area contributed by atoms with Crippen LogP contribution >= 0.6 is 0 Å². The molecule has 0 N–H and O–H groups in total. The molecule has 1 saturated heterocycles. The van der Waals surface area contributed by atoms with E-state index in [1.807, 2.05) is 0 Å². The molecular formula is C8H9N2O2. The van der Waals surface area contributed by atoms with Crippen molar-refractivity contribution in [1.82, 2.24) is 10.1 Å². The summed E-state index contributed by atoms with van der Waals surface area (Å²) in [4.78, 5) is 13.3. The molecule has 1 aliphatic heterocycles. The van der Waals surface area contributed by atoms with Gasteiger partial charge in [-0.3, -0.25) is 4.79 Å². The van der Waals surface area contributed by atoms with Gasteiger partial charge in [0.25, 0.3) is 5.91 Å². The highest BCUT2D eigenvalue weighted by atomic mass is 16.5. The second-order valence-electron chi connectivity index (χ2n) is 2.83. The highest BCUT2D eigenvalue weighted by Crippen LogP contribution is 2.10. The van der Waals surface area contributed by atoms with Crippen LogP contribution in [0.2, 0.25) is 0 Å². The maximum absolute atomic E-state index is 11.5. The van der Waals surface area contributed by atoms with Crippen LogP contribution in [0.3, 0.4) is 0 Å². The number of hydrogen-bond donors (Lipinski definition) is 0. The number of rotatable bonds is 1. The largest absolute Gasteiger partial charge is 0.352 e. The van der Waals surface area contributed by atoms with Gasteiger partial charge < -0.3 is 9.42 Å². The summed E-state index contributed by atoms with van der Waals surface area (Å²) in [7, 11) is 0. The fourth-order valence-electron chi connectivity index (χ4n) is 1.37. The quantitative estimate of drug-likeness (QED) is 0.615. The van der Waals surface area contributed by atoms with Gasteiger partial charge in [0.1, 0.15) is 0 Å². The average molecular weight is 165 g/mol. The highest BCUT2D eigenvalue weighted by molar-refractivity contribution is 5.92. The normalized spacial score (nSPS) is 16.8. The van der Waals surface area contributed by atoms with Gasteiger partial charge in [-0.2, -0.15) is 0 Å². The molecule has 4 heteroatoms. The van der Waals surface area contributed by atoms with E-state index < -0.39 is 0 Å². The molecule has 2 rings (SSSR count). The number of hydrogen-bond acceptors (Lipinski definition) is 3. The molecule has 1 amide bonds. The van der Waals surface area contributed by atoms with Gasteiger partial charge in [-0.05, 0) is 12.8 Å². The van der Waals surface area contributed by atoms with E-state index in [2.05, 4.69) is 15.9 Å². The average Bonchev–Trinajstić information content (AvgIpc) is 2.77. The van der Waals surface area contributed by atoms with Crippen LogP contribution in [0.15, 0.2) is 10.6 Å². The molecule has 0 saturated carbocycles. The molecule has 0 aromatic carbocycles. The van der Waals surface area contributed by atoms with Crippen LogP contribution in [0.4, 0.5) is 0 Å². The number of likely N-dealkylation sites (tertiary alicyclic amines) is 1. The molecule has 12 heavy (non-hydrogen) atoms. The first-order valence-corrected chi connectivity index (χ1v) is 4.00. The number of carbonyl (C=O) groups is 1. The standard InChI is InChI=1S/C8H9N2O2/c11-8(7-3-6-12-9-7)10-4-1-2-5-10/h3H,1-2,4-5H2. The molecule has 1 aromatic rings. The van der Waals surface area contributed by atoms with E-state index in [9.17, 15) is 4.79 Å². The van der Waals surface area contributed by atoms with Crippen molar-refractivity contribution in [1.29, 1.82) is 0 Å². The lowest BCUT2D eigenvalue weighted by Crippen LogP contribution is -2.27. The molecular weight excluding hydrogens is 156 g/mol. The Bertz CT molecular complexity index is 263. The van der Waals surface area contributed by atoms with Crippen LogP contribution in [0.5, 0.6) is 0 Å². The summed E-state index contributed by atoms with van der Waals surface area (Å²) in [6, 6.07) is 1.47. The number of nitrogens with zero attached hydrogens (tertiary/aromatic N) is 2. The van der Waals surface area contributed by atoms with Crippen molar-refractivity contribution in [3.05, 3.63) is 18.0 Å². The Balaban J connectivity index is 2.09. The summed E-state index contributed by atoms with van der Waals surface area (Å²) in [5.74, 6) is -0.0440. The summed E-state index contributed by atoms with van der Waals surface area (Å²) in [5, 5.41) is 3.54. The number of carbonyl (C=O) groups excluding carboxylic acids is 1. The van der Waals surface area contributed by atoms with Crippen molar-refractivity contribution in [3.63, 3.8) is 0 Å². The maximum Gasteiger partial charge on any atom is 0.276 e. The molecule has 1 aromatic heterocycles. The predicted molar refractivity (Wildman–Crippen MR) is 40.5 cm³/mol. The zero-order chi connectivity index (χ0) is 8.39. The molecule has 0 atom stereocenters. The Morgan fingerprint density at radius 2 is 2.33 bits per heavy atom. The van der Waals surface area contributed by atoms with Crippen LogP contribution in [0.25, 0.3) is 0 Å². The zero-order valence-electron chi connectivity index (χ0n) is 6.62. The van der Waals surface area contributed by atoms with Crippen LogP contribution < -0.4 is 0 Å². The van der Waals surface area contributed by atoms with Crippen molar-refractivity contribution >= 4 is 5.91 Å². The molecule has 0 bridgehead atoms. The monoisotopic (exact) mass is 165 g/mol. The predicted octanol–water partition coefficient (Wildman–Crippen LogP) is 0.711. The lowest BCUT2D eigenvalue weighted by molar-refractivity contribution is 0.0782. The lowest BCUT2D eigenvalue weighted by Gasteiger charge is -2.11. The van der Waals surface area contributed by atoms with Crippen LogP contribution in [0.1, 0.15) is 23.3 Å². The smallest absolute Gasteiger partial charge is 0.276 e. The zero-order valence-corrected chi connectivity index (χ0v) is 6.62. The third kappa shape index (κ3) is 1.20. The van der Waals surface area contributed by atoms with Gasteiger partial charge in [0, 0.05) is 19.2 Å². The Morgan fingerprint density at radius 1 is 1.58 bits per heavy atom. The van der Waals surface area contributed by atoms with Crippen LogP contribution in [0, 0.1) is 6.26 Å². The summed E-state index contributed by atoms with van der Waals surface area (Å²) >= 11 is 0. The van der Waals surface area contributed by atoms with E-state index >= 15 is 0 Å². The van der Waals surface area contributed by atoms with Crippen molar-refractivity contribution in [2.24, 2.45) is 0 Å². The van der Waals surface area contributed by atoms with E-state index in [1.54, 1.807) is 4.90 Å². The summed E-state index contributed by atoms with van der Waals surface area (Å²) in [6.45, 7) is 1.68. The van der Waals surface area contributed by atoms with Gasteiger partial charge in [0.05, 0.1) is 0 Å². The minimum Gasteiger partial charge on any atom is -0.352 e. The van der Waals surface area contributed by atoms with E-state index in [4.69, 9.17) is 0 Å². The molecule has 0 spiro atoms. The van der Waals surface area contributed by atoms with Crippen molar-refractivity contribution < 1.29 is 9.32 Å². The van der Waals surface area contributed by atoms with Crippen molar-refractivity contribution in [2.75, 3.05) is 13.1 Å². The Kier molecular flexibility index (Phi) is 1.81. The summed E-state index contributed by atoms with van der Waals surface area (Å²) in [5.41, 5.74) is 0.358. The highest BCUT2D eigenvalue weighted by Gasteiger charge is 2.21. The molecule has 63 valence electrons. The summed E-state index contributed by atoms with van der Waals surface area (Å²) < 4.78 is 4.47. The van der Waals surface area contributed by atoms with E-state index in [-0.39, 0.29) is 5.91 Å². The molecule has 1 aliphatic rings. The number of amides is 1. The lowest BCUT2D eigenvalue weighted by atomic mass is 10.4. The Hall–Kier alpha value is -1.32. The third-order valence-corrected chi connectivity index (χ3v) is 2.00. The number of aromatic nitrogens is 1. The van der Waals surface area contributed by atoms with Crippen LogP contribution in [-0.4, -0.2) is 29.1 Å². The van der Waals surface area contributed by atoms with Crippen LogP contribution in [-0.2, 0) is 0 Å². The second kappa shape index (κ2) is 2.97. The van der Waals surface area contributed by atoms with Crippen molar-refractivity contribution in [2.45, 2.75) is 12.8 Å². The Morgan fingerprint density at radius 3 is 2.92 bits per heavy atom. The van der Waals surface area contributed by atoms with E-state index in [1.165, 1.54) is 6.07 Å². The van der Waals surface area contributed by atoms with Gasteiger partial charge >= 0.3 is 0 Å². The van der Waals surface area contributed by atoms with Crippen molar-refractivity contribution in [3.8, 4) is 0 Å². The first-order valence-electron chi connectivity index (χ1n) is 4.00.